The summed E-state index contributed by atoms with van der Waals surface area (Å²) in [6.45, 7) is 7.78. The lowest BCUT2D eigenvalue weighted by Gasteiger charge is -2.35. The molecule has 2 N–H and O–H groups in total. The largest absolute Gasteiger partial charge is 0.392 e. The number of hydrogen-bond donors (Lipinski definition) is 1. The molecule has 0 amide bonds. The minimum atomic E-state index is 0.577. The molecule has 0 aromatic carbocycles. The quantitative estimate of drug-likeness (QED) is 0.783. The molecule has 1 aliphatic rings. The van der Waals surface area contributed by atoms with E-state index in [1.807, 2.05) is 12.4 Å². The van der Waals surface area contributed by atoms with Gasteiger partial charge in [0.2, 0.25) is 5.95 Å². The summed E-state index contributed by atoms with van der Waals surface area (Å²) in [5.41, 5.74) is 5.56. The van der Waals surface area contributed by atoms with Gasteiger partial charge in [-0.05, 0) is 6.92 Å². The molecule has 17 heavy (non-hydrogen) atoms. The lowest BCUT2D eigenvalue weighted by atomic mass is 10.3. The minimum absolute atomic E-state index is 0.577. The van der Waals surface area contributed by atoms with Crippen molar-refractivity contribution in [3.05, 3.63) is 12.4 Å². The molecule has 0 aliphatic carbocycles. The van der Waals surface area contributed by atoms with Gasteiger partial charge in [-0.25, -0.2) is 4.98 Å². The molecular weight excluding hydrogens is 234 g/mol. The fraction of sp³-hybridized carbons (Fsp3) is 0.636. The van der Waals surface area contributed by atoms with Gasteiger partial charge in [0.25, 0.3) is 0 Å². The maximum Gasteiger partial charge on any atom is 0.205 e. The van der Waals surface area contributed by atoms with Crippen LogP contribution >= 0.6 is 12.2 Å². The number of imidazole rings is 1. The molecule has 0 saturated carbocycles. The SMILES string of the molecule is CCn1ccnc1N1CCN(CC(N)=S)CC1. The van der Waals surface area contributed by atoms with Gasteiger partial charge in [-0.3, -0.25) is 4.90 Å². The van der Waals surface area contributed by atoms with E-state index in [2.05, 4.69) is 26.3 Å². The van der Waals surface area contributed by atoms with Crippen LogP contribution in [0.1, 0.15) is 6.92 Å². The standard InChI is InChI=1S/C11H19N5S/c1-2-15-4-3-13-11(15)16-7-5-14(6-8-16)9-10(12)17/h3-4H,2,5-9H2,1H3,(H2,12,17). The highest BCUT2D eigenvalue weighted by Gasteiger charge is 2.19. The Kier molecular flexibility index (Phi) is 3.96. The fourth-order valence-corrected chi connectivity index (χ4v) is 2.34. The third kappa shape index (κ3) is 2.95. The van der Waals surface area contributed by atoms with Crippen LogP contribution in [0.25, 0.3) is 0 Å². The van der Waals surface area contributed by atoms with Crippen LogP contribution in [0, 0.1) is 0 Å². The van der Waals surface area contributed by atoms with Crippen molar-refractivity contribution in [1.29, 1.82) is 0 Å². The smallest absolute Gasteiger partial charge is 0.205 e. The number of nitrogens with two attached hydrogens (primary N) is 1. The molecule has 1 aromatic rings. The number of aryl methyl sites for hydroxylation is 1. The third-order valence-corrected chi connectivity index (χ3v) is 3.20. The van der Waals surface area contributed by atoms with E-state index < -0.39 is 0 Å². The van der Waals surface area contributed by atoms with Gasteiger partial charge >= 0.3 is 0 Å². The Balaban J connectivity index is 1.93. The minimum Gasteiger partial charge on any atom is -0.392 e. The summed E-state index contributed by atoms with van der Waals surface area (Å²) in [5, 5.41) is 0. The van der Waals surface area contributed by atoms with Crippen molar-refractivity contribution < 1.29 is 0 Å². The number of aromatic nitrogens is 2. The van der Waals surface area contributed by atoms with Crippen LogP contribution in [0.4, 0.5) is 5.95 Å². The Morgan fingerprint density at radius 1 is 1.41 bits per heavy atom. The van der Waals surface area contributed by atoms with Crippen LogP contribution in [0.3, 0.4) is 0 Å². The van der Waals surface area contributed by atoms with Gasteiger partial charge < -0.3 is 15.2 Å². The van der Waals surface area contributed by atoms with Crippen LogP contribution in [0.5, 0.6) is 0 Å². The summed E-state index contributed by atoms with van der Waals surface area (Å²) >= 11 is 4.93. The molecule has 0 unspecified atom stereocenters. The molecule has 1 saturated heterocycles. The summed E-state index contributed by atoms with van der Waals surface area (Å²) in [5.74, 6) is 1.07. The lowest BCUT2D eigenvalue weighted by molar-refractivity contribution is 0.290. The van der Waals surface area contributed by atoms with Crippen molar-refractivity contribution in [3.63, 3.8) is 0 Å². The topological polar surface area (TPSA) is 50.3 Å². The molecule has 2 heterocycles. The first-order valence-electron chi connectivity index (χ1n) is 5.97. The normalized spacial score (nSPS) is 17.4. The van der Waals surface area contributed by atoms with Crippen LogP contribution in [0.15, 0.2) is 12.4 Å². The van der Waals surface area contributed by atoms with E-state index in [4.69, 9.17) is 18.0 Å². The van der Waals surface area contributed by atoms with E-state index in [9.17, 15) is 0 Å². The zero-order valence-corrected chi connectivity index (χ0v) is 11.0. The first kappa shape index (κ1) is 12.3. The highest BCUT2D eigenvalue weighted by atomic mass is 32.1. The number of rotatable bonds is 4. The highest BCUT2D eigenvalue weighted by molar-refractivity contribution is 7.80. The summed E-state index contributed by atoms with van der Waals surface area (Å²) in [6.07, 6.45) is 3.89. The summed E-state index contributed by atoms with van der Waals surface area (Å²) in [4.78, 5) is 9.60. The molecule has 0 bridgehead atoms. The molecule has 0 atom stereocenters. The van der Waals surface area contributed by atoms with E-state index in [-0.39, 0.29) is 0 Å². The highest BCUT2D eigenvalue weighted by Crippen LogP contribution is 2.13. The predicted molar refractivity (Wildman–Crippen MR) is 73.3 cm³/mol. The summed E-state index contributed by atoms with van der Waals surface area (Å²) < 4.78 is 2.17. The summed E-state index contributed by atoms with van der Waals surface area (Å²) in [7, 11) is 0. The second-order valence-electron chi connectivity index (χ2n) is 4.24. The molecule has 1 aromatic heterocycles. The second-order valence-corrected chi connectivity index (χ2v) is 4.77. The number of piperazine rings is 1. The van der Waals surface area contributed by atoms with Crippen molar-refractivity contribution in [2.45, 2.75) is 13.5 Å². The predicted octanol–water partition coefficient (Wildman–Crippen LogP) is 0.311. The van der Waals surface area contributed by atoms with Gasteiger partial charge in [0.05, 0.1) is 4.99 Å². The van der Waals surface area contributed by atoms with Gasteiger partial charge in [0, 0.05) is 51.7 Å². The first-order valence-corrected chi connectivity index (χ1v) is 6.38. The second kappa shape index (κ2) is 5.46. The first-order chi connectivity index (χ1) is 8.20. The van der Waals surface area contributed by atoms with E-state index in [1.54, 1.807) is 0 Å². The molecule has 0 spiro atoms. The number of anilines is 1. The average molecular weight is 253 g/mol. The molecule has 1 aliphatic heterocycles. The Morgan fingerprint density at radius 2 is 2.12 bits per heavy atom. The van der Waals surface area contributed by atoms with Gasteiger partial charge in [0.1, 0.15) is 0 Å². The Labute approximate surface area is 107 Å². The Morgan fingerprint density at radius 3 is 2.71 bits per heavy atom. The van der Waals surface area contributed by atoms with Crippen LogP contribution in [-0.4, -0.2) is 52.2 Å². The molecule has 5 nitrogen and oxygen atoms in total. The van der Waals surface area contributed by atoms with Gasteiger partial charge in [-0.2, -0.15) is 0 Å². The van der Waals surface area contributed by atoms with E-state index in [0.717, 1.165) is 45.2 Å². The van der Waals surface area contributed by atoms with Crippen molar-refractivity contribution in [2.75, 3.05) is 37.6 Å². The van der Waals surface area contributed by atoms with Crippen LogP contribution in [0.2, 0.25) is 0 Å². The average Bonchev–Trinajstić information content (AvgIpc) is 2.77. The maximum atomic E-state index is 5.56. The fourth-order valence-electron chi connectivity index (χ4n) is 2.16. The summed E-state index contributed by atoms with van der Waals surface area (Å²) in [6, 6.07) is 0. The molecule has 2 rings (SSSR count). The monoisotopic (exact) mass is 253 g/mol. The number of thiocarbonyl (C=S) groups is 1. The van der Waals surface area contributed by atoms with Gasteiger partial charge in [-0.15, -0.1) is 0 Å². The molecular formula is C11H19N5S. The van der Waals surface area contributed by atoms with Crippen molar-refractivity contribution in [3.8, 4) is 0 Å². The van der Waals surface area contributed by atoms with E-state index in [0.29, 0.717) is 4.99 Å². The van der Waals surface area contributed by atoms with Crippen molar-refractivity contribution in [2.24, 2.45) is 5.73 Å². The van der Waals surface area contributed by atoms with Crippen LogP contribution in [-0.2, 0) is 6.54 Å². The van der Waals surface area contributed by atoms with Crippen molar-refractivity contribution >= 4 is 23.2 Å². The van der Waals surface area contributed by atoms with Crippen LogP contribution < -0.4 is 10.6 Å². The lowest BCUT2D eigenvalue weighted by Crippen LogP contribution is -2.49. The molecule has 6 heteroatoms. The third-order valence-electron chi connectivity index (χ3n) is 3.07. The molecule has 1 fully saturated rings. The maximum absolute atomic E-state index is 5.56. The van der Waals surface area contributed by atoms with E-state index >= 15 is 0 Å². The Bertz CT molecular complexity index is 381. The molecule has 94 valence electrons. The number of hydrogen-bond acceptors (Lipinski definition) is 4. The van der Waals surface area contributed by atoms with E-state index in [1.165, 1.54) is 0 Å². The molecule has 0 radical (unpaired) electrons. The van der Waals surface area contributed by atoms with Gasteiger partial charge in [-0.1, -0.05) is 12.2 Å². The number of nitrogens with zero attached hydrogens (tertiary/aromatic N) is 4. The van der Waals surface area contributed by atoms with Gasteiger partial charge in [0.15, 0.2) is 0 Å². The zero-order chi connectivity index (χ0) is 12.3. The Hall–Kier alpha value is -1.14. The zero-order valence-electron chi connectivity index (χ0n) is 10.2. The van der Waals surface area contributed by atoms with Crippen molar-refractivity contribution in [1.82, 2.24) is 14.5 Å².